The highest BCUT2D eigenvalue weighted by molar-refractivity contribution is 7.89. The Hall–Kier alpha value is -2.43. The fourth-order valence-electron chi connectivity index (χ4n) is 3.22. The van der Waals surface area contributed by atoms with Gasteiger partial charge in [0.05, 0.1) is 17.0 Å². The summed E-state index contributed by atoms with van der Waals surface area (Å²) < 4.78 is 64.7. The number of aryl methyl sites for hydroxylation is 1. The molecular formula is C20H22F3N3O3S. The summed E-state index contributed by atoms with van der Waals surface area (Å²) in [4.78, 5) is 13.9. The normalized spacial score (nSPS) is 16.4. The first-order valence-electron chi connectivity index (χ1n) is 9.32. The van der Waals surface area contributed by atoms with E-state index >= 15 is 0 Å². The van der Waals surface area contributed by atoms with Crippen molar-refractivity contribution >= 4 is 21.6 Å². The minimum atomic E-state index is -4.52. The molecule has 1 aliphatic heterocycles. The van der Waals surface area contributed by atoms with Crippen LogP contribution in [0.5, 0.6) is 0 Å². The number of benzene rings is 2. The molecule has 1 amide bonds. The summed E-state index contributed by atoms with van der Waals surface area (Å²) in [5.41, 5.74) is 0.823. The van der Waals surface area contributed by atoms with E-state index in [1.807, 2.05) is 30.0 Å². The summed E-state index contributed by atoms with van der Waals surface area (Å²) in [7, 11) is -3.89. The average Bonchev–Trinajstić information content (AvgIpc) is 2.68. The number of hydrogen-bond donors (Lipinski definition) is 1. The van der Waals surface area contributed by atoms with Gasteiger partial charge < -0.3 is 5.32 Å². The van der Waals surface area contributed by atoms with E-state index in [1.54, 1.807) is 6.07 Å². The maximum absolute atomic E-state index is 12.7. The smallest absolute Gasteiger partial charge is 0.325 e. The standard InChI is InChI=1S/C20H22F3N3O3S/c1-15-3-2-4-17(13-15)24-19(27)14-25-9-11-26(12-10-25)30(28,29)18-7-5-16(6-8-18)20(21,22)23/h2-8,13H,9-12,14H2,1H3,(H,24,27). The number of carbonyl (C=O) groups is 1. The van der Waals surface area contributed by atoms with Crippen molar-refractivity contribution in [1.29, 1.82) is 0 Å². The van der Waals surface area contributed by atoms with Gasteiger partial charge in [0.15, 0.2) is 0 Å². The highest BCUT2D eigenvalue weighted by Crippen LogP contribution is 2.30. The van der Waals surface area contributed by atoms with E-state index < -0.39 is 21.8 Å². The molecule has 2 aromatic carbocycles. The topological polar surface area (TPSA) is 69.7 Å². The van der Waals surface area contributed by atoms with Crippen molar-refractivity contribution in [2.45, 2.75) is 18.0 Å². The van der Waals surface area contributed by atoms with Crippen LogP contribution in [0.25, 0.3) is 0 Å². The van der Waals surface area contributed by atoms with E-state index in [1.165, 1.54) is 4.31 Å². The van der Waals surface area contributed by atoms with E-state index in [0.717, 1.165) is 29.8 Å². The van der Waals surface area contributed by atoms with Crippen molar-refractivity contribution in [3.05, 3.63) is 59.7 Å². The number of nitrogens with zero attached hydrogens (tertiary/aromatic N) is 2. The van der Waals surface area contributed by atoms with E-state index in [4.69, 9.17) is 0 Å². The molecule has 0 saturated carbocycles. The lowest BCUT2D eigenvalue weighted by Gasteiger charge is -2.33. The number of nitrogens with one attached hydrogen (secondary N) is 1. The Bertz CT molecular complexity index is 1000. The van der Waals surface area contributed by atoms with Crippen molar-refractivity contribution < 1.29 is 26.4 Å². The van der Waals surface area contributed by atoms with E-state index in [9.17, 15) is 26.4 Å². The first-order chi connectivity index (χ1) is 14.1. The number of rotatable bonds is 5. The van der Waals surface area contributed by atoms with Gasteiger partial charge in [-0.1, -0.05) is 12.1 Å². The minimum absolute atomic E-state index is 0.127. The van der Waals surface area contributed by atoms with Crippen LogP contribution in [0.1, 0.15) is 11.1 Å². The molecule has 1 aliphatic rings. The number of amides is 1. The maximum atomic E-state index is 12.7. The number of halogens is 3. The molecule has 1 N–H and O–H groups in total. The van der Waals surface area contributed by atoms with Crippen LogP contribution in [0, 0.1) is 6.92 Å². The maximum Gasteiger partial charge on any atom is 0.416 e. The highest BCUT2D eigenvalue weighted by Gasteiger charge is 2.32. The van der Waals surface area contributed by atoms with Gasteiger partial charge in [-0.25, -0.2) is 8.42 Å². The Labute approximate surface area is 173 Å². The Morgan fingerprint density at radius 2 is 1.67 bits per heavy atom. The van der Waals surface area contributed by atoms with Gasteiger partial charge in [0.25, 0.3) is 0 Å². The summed E-state index contributed by atoms with van der Waals surface area (Å²) in [6.07, 6.45) is -4.52. The Morgan fingerprint density at radius 3 is 2.23 bits per heavy atom. The number of hydrogen-bond acceptors (Lipinski definition) is 4. The van der Waals surface area contributed by atoms with Crippen LogP contribution < -0.4 is 5.32 Å². The van der Waals surface area contributed by atoms with Crippen molar-refractivity contribution in [3.8, 4) is 0 Å². The zero-order valence-electron chi connectivity index (χ0n) is 16.3. The SMILES string of the molecule is Cc1cccc(NC(=O)CN2CCN(S(=O)(=O)c3ccc(C(F)(F)F)cc3)CC2)c1. The van der Waals surface area contributed by atoms with Gasteiger partial charge in [0, 0.05) is 31.9 Å². The predicted molar refractivity (Wildman–Crippen MR) is 106 cm³/mol. The first kappa shape index (κ1) is 22.3. The molecule has 10 heteroatoms. The molecule has 0 spiro atoms. The molecule has 1 fully saturated rings. The van der Waals surface area contributed by atoms with Crippen molar-refractivity contribution in [3.63, 3.8) is 0 Å². The second kappa shape index (κ2) is 8.75. The molecule has 0 unspecified atom stereocenters. The molecule has 1 heterocycles. The molecular weight excluding hydrogens is 419 g/mol. The third-order valence-electron chi connectivity index (χ3n) is 4.82. The fraction of sp³-hybridized carbons (Fsp3) is 0.350. The van der Waals surface area contributed by atoms with Gasteiger partial charge in [-0.15, -0.1) is 0 Å². The number of piperazine rings is 1. The molecule has 2 aromatic rings. The Morgan fingerprint density at radius 1 is 1.03 bits per heavy atom. The van der Waals surface area contributed by atoms with Gasteiger partial charge >= 0.3 is 6.18 Å². The number of carbonyl (C=O) groups excluding carboxylic acids is 1. The first-order valence-corrected chi connectivity index (χ1v) is 10.8. The van der Waals surface area contributed by atoms with Gasteiger partial charge in [-0.05, 0) is 48.9 Å². The average molecular weight is 441 g/mol. The molecule has 1 saturated heterocycles. The van der Waals surface area contributed by atoms with Crippen molar-refractivity contribution in [1.82, 2.24) is 9.21 Å². The van der Waals surface area contributed by atoms with Crippen LogP contribution in [0.15, 0.2) is 53.4 Å². The second-order valence-electron chi connectivity index (χ2n) is 7.12. The number of alkyl halides is 3. The molecule has 3 rings (SSSR count). The van der Waals surface area contributed by atoms with Crippen LogP contribution in [-0.4, -0.2) is 56.3 Å². The highest BCUT2D eigenvalue weighted by atomic mass is 32.2. The van der Waals surface area contributed by atoms with Crippen LogP contribution >= 0.6 is 0 Å². The lowest BCUT2D eigenvalue weighted by Crippen LogP contribution is -2.50. The zero-order valence-corrected chi connectivity index (χ0v) is 17.1. The molecule has 6 nitrogen and oxygen atoms in total. The third-order valence-corrected chi connectivity index (χ3v) is 6.73. The predicted octanol–water partition coefficient (Wildman–Crippen LogP) is 2.96. The van der Waals surface area contributed by atoms with Crippen LogP contribution in [0.3, 0.4) is 0 Å². The molecule has 0 aromatic heterocycles. The molecule has 30 heavy (non-hydrogen) atoms. The van der Waals surface area contributed by atoms with E-state index in [-0.39, 0.29) is 30.4 Å². The molecule has 162 valence electrons. The summed E-state index contributed by atoms with van der Waals surface area (Å²) in [6, 6.07) is 10.9. The molecule has 0 atom stereocenters. The summed E-state index contributed by atoms with van der Waals surface area (Å²) >= 11 is 0. The lowest BCUT2D eigenvalue weighted by molar-refractivity contribution is -0.137. The van der Waals surface area contributed by atoms with Gasteiger partial charge in [0.1, 0.15) is 0 Å². The van der Waals surface area contributed by atoms with Crippen molar-refractivity contribution in [2.24, 2.45) is 0 Å². The quantitative estimate of drug-likeness (QED) is 0.775. The zero-order chi connectivity index (χ0) is 21.9. The van der Waals surface area contributed by atoms with Gasteiger partial charge in [-0.3, -0.25) is 9.69 Å². The molecule has 0 radical (unpaired) electrons. The van der Waals surface area contributed by atoms with E-state index in [0.29, 0.717) is 18.8 Å². The largest absolute Gasteiger partial charge is 0.416 e. The van der Waals surface area contributed by atoms with E-state index in [2.05, 4.69) is 5.32 Å². The summed E-state index contributed by atoms with van der Waals surface area (Å²) in [5, 5.41) is 2.81. The third kappa shape index (κ3) is 5.38. The van der Waals surface area contributed by atoms with Crippen LogP contribution in [0.2, 0.25) is 0 Å². The van der Waals surface area contributed by atoms with Crippen LogP contribution in [0.4, 0.5) is 18.9 Å². The van der Waals surface area contributed by atoms with Crippen molar-refractivity contribution in [2.75, 3.05) is 38.0 Å². The van der Waals surface area contributed by atoms with Crippen LogP contribution in [-0.2, 0) is 21.0 Å². The fourth-order valence-corrected chi connectivity index (χ4v) is 4.64. The lowest BCUT2D eigenvalue weighted by atomic mass is 10.2. The van der Waals surface area contributed by atoms with Gasteiger partial charge in [0.2, 0.25) is 15.9 Å². The summed E-state index contributed by atoms with van der Waals surface area (Å²) in [6.45, 7) is 3.05. The molecule has 0 bridgehead atoms. The monoisotopic (exact) mass is 441 g/mol. The second-order valence-corrected chi connectivity index (χ2v) is 9.06. The summed E-state index contributed by atoms with van der Waals surface area (Å²) in [5.74, 6) is -0.195. The number of sulfonamides is 1. The number of anilines is 1. The Kier molecular flexibility index (Phi) is 6.49. The van der Waals surface area contributed by atoms with Gasteiger partial charge in [-0.2, -0.15) is 17.5 Å². The Balaban J connectivity index is 1.56. The minimum Gasteiger partial charge on any atom is -0.325 e. The molecule has 0 aliphatic carbocycles.